The Morgan fingerprint density at radius 2 is 1.75 bits per heavy atom. The third kappa shape index (κ3) is 2.28. The number of ether oxygens (including phenoxy) is 1. The number of esters is 1. The van der Waals surface area contributed by atoms with Crippen molar-refractivity contribution in [3.63, 3.8) is 0 Å². The molecule has 1 saturated carbocycles. The van der Waals surface area contributed by atoms with Gasteiger partial charge in [-0.25, -0.2) is 0 Å². The van der Waals surface area contributed by atoms with E-state index < -0.39 is 5.41 Å². The average Bonchev–Trinajstić information content (AvgIpc) is 2.28. The largest absolute Gasteiger partial charge is 0.468 e. The van der Waals surface area contributed by atoms with Crippen molar-refractivity contribution < 1.29 is 14.3 Å². The van der Waals surface area contributed by atoms with Crippen molar-refractivity contribution in [3.05, 3.63) is 0 Å². The number of rotatable bonds is 3. The van der Waals surface area contributed by atoms with Crippen molar-refractivity contribution in [2.75, 3.05) is 7.11 Å². The molecule has 1 aliphatic carbocycles. The molecule has 1 fully saturated rings. The van der Waals surface area contributed by atoms with Gasteiger partial charge in [0.15, 0.2) is 5.78 Å². The minimum absolute atomic E-state index is 0.0475. The lowest BCUT2D eigenvalue weighted by Crippen LogP contribution is -2.45. The van der Waals surface area contributed by atoms with Crippen LogP contribution in [0.25, 0.3) is 0 Å². The Bertz CT molecular complexity index is 273. The van der Waals surface area contributed by atoms with Gasteiger partial charge in [0, 0.05) is 5.92 Å². The number of methoxy groups -OCH3 is 1. The average molecular weight is 226 g/mol. The van der Waals surface area contributed by atoms with E-state index in [4.69, 9.17) is 4.74 Å². The molecule has 0 bridgehead atoms. The van der Waals surface area contributed by atoms with E-state index in [0.717, 1.165) is 12.8 Å². The highest BCUT2D eigenvalue weighted by Crippen LogP contribution is 2.42. The van der Waals surface area contributed by atoms with Crippen molar-refractivity contribution in [2.24, 2.45) is 17.3 Å². The Morgan fingerprint density at radius 3 is 2.12 bits per heavy atom. The van der Waals surface area contributed by atoms with E-state index in [0.29, 0.717) is 18.8 Å². The Labute approximate surface area is 97.5 Å². The molecule has 0 aromatic rings. The maximum atomic E-state index is 12.2. The van der Waals surface area contributed by atoms with Gasteiger partial charge in [-0.1, -0.05) is 20.8 Å². The second-order valence-electron chi connectivity index (χ2n) is 5.28. The minimum atomic E-state index is -0.852. The smallest absolute Gasteiger partial charge is 0.319 e. The molecule has 0 radical (unpaired) electrons. The van der Waals surface area contributed by atoms with Crippen molar-refractivity contribution in [3.8, 4) is 0 Å². The molecule has 0 aromatic carbocycles. The van der Waals surface area contributed by atoms with E-state index in [9.17, 15) is 9.59 Å². The number of ketones is 1. The van der Waals surface area contributed by atoms with E-state index in [1.165, 1.54) is 7.11 Å². The molecule has 0 atom stereocenters. The van der Waals surface area contributed by atoms with Crippen LogP contribution in [0.4, 0.5) is 0 Å². The van der Waals surface area contributed by atoms with Gasteiger partial charge in [-0.3, -0.25) is 9.59 Å². The molecule has 92 valence electrons. The highest BCUT2D eigenvalue weighted by atomic mass is 16.5. The van der Waals surface area contributed by atoms with Gasteiger partial charge in [0.2, 0.25) is 0 Å². The fourth-order valence-electron chi connectivity index (χ4n) is 2.55. The Hall–Kier alpha value is -0.860. The van der Waals surface area contributed by atoms with E-state index in [1.807, 2.05) is 13.8 Å². The van der Waals surface area contributed by atoms with Gasteiger partial charge in [-0.2, -0.15) is 0 Å². The predicted octanol–water partition coefficient (Wildman–Crippen LogP) is 2.58. The molecule has 1 aliphatic rings. The zero-order valence-electron chi connectivity index (χ0n) is 10.7. The van der Waals surface area contributed by atoms with Gasteiger partial charge in [-0.05, 0) is 31.6 Å². The lowest BCUT2D eigenvalue weighted by molar-refractivity contribution is -0.162. The zero-order valence-corrected chi connectivity index (χ0v) is 10.7. The molecule has 0 aliphatic heterocycles. The molecule has 3 heteroatoms. The van der Waals surface area contributed by atoms with Gasteiger partial charge in [0.1, 0.15) is 5.41 Å². The number of carbonyl (C=O) groups is 2. The first-order valence-corrected chi connectivity index (χ1v) is 6.06. The molecule has 1 rings (SSSR count). The Balaban J connectivity index is 2.94. The number of hydrogen-bond donors (Lipinski definition) is 0. The fourth-order valence-corrected chi connectivity index (χ4v) is 2.55. The summed E-state index contributed by atoms with van der Waals surface area (Å²) in [6.45, 7) is 5.87. The summed E-state index contributed by atoms with van der Waals surface area (Å²) < 4.78 is 4.84. The standard InChI is InChI=1S/C13H22O3/c1-9(2)11(14)13(12(15)16-4)7-5-10(3)6-8-13/h9-10H,5-8H2,1-4H3. The highest BCUT2D eigenvalue weighted by Gasteiger charge is 2.48. The van der Waals surface area contributed by atoms with Crippen LogP contribution in [0.1, 0.15) is 46.5 Å². The van der Waals surface area contributed by atoms with Crippen LogP contribution in [0.2, 0.25) is 0 Å². The number of Topliss-reactive ketones (excluding diaryl/α,β-unsaturated/α-hetero) is 1. The fraction of sp³-hybridized carbons (Fsp3) is 0.846. The maximum absolute atomic E-state index is 12.2. The molecule has 0 N–H and O–H groups in total. The van der Waals surface area contributed by atoms with Gasteiger partial charge < -0.3 is 4.74 Å². The van der Waals surface area contributed by atoms with Crippen molar-refractivity contribution in [1.82, 2.24) is 0 Å². The summed E-state index contributed by atoms with van der Waals surface area (Å²) in [4.78, 5) is 24.1. The van der Waals surface area contributed by atoms with Gasteiger partial charge >= 0.3 is 5.97 Å². The summed E-state index contributed by atoms with van der Waals surface area (Å²) in [5, 5.41) is 0. The Kier molecular flexibility index (Phi) is 4.11. The first-order valence-electron chi connectivity index (χ1n) is 6.06. The second kappa shape index (κ2) is 4.98. The molecule has 3 nitrogen and oxygen atoms in total. The van der Waals surface area contributed by atoms with Crippen LogP contribution >= 0.6 is 0 Å². The van der Waals surface area contributed by atoms with Crippen LogP contribution in [0, 0.1) is 17.3 Å². The zero-order chi connectivity index (χ0) is 12.3. The molecule has 16 heavy (non-hydrogen) atoms. The summed E-state index contributed by atoms with van der Waals surface area (Å²) in [6.07, 6.45) is 3.18. The number of hydrogen-bond acceptors (Lipinski definition) is 3. The van der Waals surface area contributed by atoms with Crippen molar-refractivity contribution in [1.29, 1.82) is 0 Å². The molecular weight excluding hydrogens is 204 g/mol. The SMILES string of the molecule is COC(=O)C1(C(=O)C(C)C)CCC(C)CC1. The third-order valence-electron chi connectivity index (χ3n) is 3.70. The first kappa shape index (κ1) is 13.2. The summed E-state index contributed by atoms with van der Waals surface area (Å²) in [6, 6.07) is 0. The van der Waals surface area contributed by atoms with E-state index >= 15 is 0 Å². The van der Waals surface area contributed by atoms with Gasteiger partial charge in [-0.15, -0.1) is 0 Å². The first-order chi connectivity index (χ1) is 7.44. The quantitative estimate of drug-likeness (QED) is 0.548. The lowest BCUT2D eigenvalue weighted by atomic mass is 9.66. The van der Waals surface area contributed by atoms with Crippen LogP contribution in [0.3, 0.4) is 0 Å². The topological polar surface area (TPSA) is 43.4 Å². The van der Waals surface area contributed by atoms with Crippen LogP contribution in [-0.2, 0) is 14.3 Å². The van der Waals surface area contributed by atoms with Crippen LogP contribution in [0.15, 0.2) is 0 Å². The number of carbonyl (C=O) groups excluding carboxylic acids is 2. The van der Waals surface area contributed by atoms with Crippen LogP contribution in [0.5, 0.6) is 0 Å². The van der Waals surface area contributed by atoms with E-state index in [2.05, 4.69) is 6.92 Å². The summed E-state index contributed by atoms with van der Waals surface area (Å²) in [7, 11) is 1.37. The molecule has 0 aromatic heterocycles. The maximum Gasteiger partial charge on any atom is 0.319 e. The van der Waals surface area contributed by atoms with Gasteiger partial charge in [0.05, 0.1) is 7.11 Å². The molecule has 0 unspecified atom stereocenters. The Morgan fingerprint density at radius 1 is 1.25 bits per heavy atom. The van der Waals surface area contributed by atoms with Crippen molar-refractivity contribution >= 4 is 11.8 Å². The molecule has 0 amide bonds. The van der Waals surface area contributed by atoms with Gasteiger partial charge in [0.25, 0.3) is 0 Å². The van der Waals surface area contributed by atoms with Crippen LogP contribution in [-0.4, -0.2) is 18.9 Å². The summed E-state index contributed by atoms with van der Waals surface area (Å²) >= 11 is 0. The minimum Gasteiger partial charge on any atom is -0.468 e. The monoisotopic (exact) mass is 226 g/mol. The summed E-state index contributed by atoms with van der Waals surface area (Å²) in [5.41, 5.74) is -0.852. The van der Waals surface area contributed by atoms with Crippen LogP contribution < -0.4 is 0 Å². The lowest BCUT2D eigenvalue weighted by Gasteiger charge is -2.36. The molecule has 0 spiro atoms. The highest BCUT2D eigenvalue weighted by molar-refractivity contribution is 6.04. The molecule has 0 heterocycles. The third-order valence-corrected chi connectivity index (χ3v) is 3.70. The van der Waals surface area contributed by atoms with E-state index in [-0.39, 0.29) is 17.7 Å². The van der Waals surface area contributed by atoms with E-state index in [1.54, 1.807) is 0 Å². The molecular formula is C13H22O3. The molecule has 0 saturated heterocycles. The summed E-state index contributed by atoms with van der Waals surface area (Å²) in [5.74, 6) is 0.217. The second-order valence-corrected chi connectivity index (χ2v) is 5.28. The van der Waals surface area contributed by atoms with Crippen molar-refractivity contribution in [2.45, 2.75) is 46.5 Å². The predicted molar refractivity (Wildman–Crippen MR) is 61.9 cm³/mol. The normalized spacial score (nSPS) is 30.2.